The summed E-state index contributed by atoms with van der Waals surface area (Å²) in [5.74, 6) is -0.0898. The second kappa shape index (κ2) is 25.2. The summed E-state index contributed by atoms with van der Waals surface area (Å²) in [7, 11) is 0. The molecule has 0 aliphatic heterocycles. The zero-order valence-electron chi connectivity index (χ0n) is 21.6. The van der Waals surface area contributed by atoms with Gasteiger partial charge in [-0.1, -0.05) is 108 Å². The maximum Gasteiger partial charge on any atom is 0.220 e. The highest BCUT2D eigenvalue weighted by Gasteiger charge is 2.17. The number of aliphatic hydroxyl groups excluding tert-OH is 2. The minimum Gasteiger partial charge on any atom is -0.394 e. The van der Waals surface area contributed by atoms with E-state index in [2.05, 4.69) is 43.5 Å². The second-order valence-electron chi connectivity index (χ2n) is 9.09. The van der Waals surface area contributed by atoms with Crippen LogP contribution in [-0.2, 0) is 4.79 Å². The minimum atomic E-state index is -0.862. The quantitative estimate of drug-likeness (QED) is 0.111. The molecular weight excluding hydrogens is 410 g/mol. The molecule has 0 aromatic heterocycles. The molecule has 0 saturated heterocycles. The van der Waals surface area contributed by atoms with Crippen molar-refractivity contribution in [2.75, 3.05) is 6.61 Å². The summed E-state index contributed by atoms with van der Waals surface area (Å²) < 4.78 is 0. The Morgan fingerprint density at radius 1 is 0.697 bits per heavy atom. The number of aliphatic hydroxyl groups is 2. The summed E-state index contributed by atoms with van der Waals surface area (Å²) in [6, 6.07) is -0.636. The molecule has 0 aromatic carbocycles. The highest BCUT2D eigenvalue weighted by atomic mass is 16.3. The smallest absolute Gasteiger partial charge is 0.220 e. The van der Waals surface area contributed by atoms with Gasteiger partial charge in [0.05, 0.1) is 18.8 Å². The molecule has 0 aliphatic rings. The molecule has 192 valence electrons. The van der Waals surface area contributed by atoms with Crippen molar-refractivity contribution in [2.45, 2.75) is 135 Å². The summed E-state index contributed by atoms with van der Waals surface area (Å²) in [5.41, 5.74) is 0. The zero-order valence-corrected chi connectivity index (χ0v) is 21.6. The molecule has 1 amide bonds. The molecule has 33 heavy (non-hydrogen) atoms. The Kier molecular flexibility index (Phi) is 24.2. The number of unbranched alkanes of at least 4 members (excludes halogenated alkanes) is 12. The lowest BCUT2D eigenvalue weighted by atomic mass is 10.1. The number of nitrogens with one attached hydrogen (secondary N) is 1. The van der Waals surface area contributed by atoms with E-state index < -0.39 is 12.1 Å². The number of carbonyl (C=O) groups excluding carboxylic acids is 1. The molecule has 0 rings (SSSR count). The fourth-order valence-electron chi connectivity index (χ4n) is 3.68. The molecule has 0 aliphatic carbocycles. The molecule has 0 fully saturated rings. The van der Waals surface area contributed by atoms with Crippen LogP contribution in [0.4, 0.5) is 0 Å². The lowest BCUT2D eigenvalue weighted by Crippen LogP contribution is -2.45. The SMILES string of the molecule is CCCCCC/C=C/CC/C=C/CC/C=C/C(O)C(CO)NC(=O)CCCCCCCCC. The summed E-state index contributed by atoms with van der Waals surface area (Å²) in [4.78, 5) is 12.1. The van der Waals surface area contributed by atoms with Gasteiger partial charge in [0.25, 0.3) is 0 Å². The van der Waals surface area contributed by atoms with Gasteiger partial charge in [-0.3, -0.25) is 4.79 Å². The van der Waals surface area contributed by atoms with E-state index in [4.69, 9.17) is 0 Å². The van der Waals surface area contributed by atoms with E-state index >= 15 is 0 Å². The van der Waals surface area contributed by atoms with Crippen molar-refractivity contribution < 1.29 is 15.0 Å². The Bertz CT molecular complexity index is 513. The van der Waals surface area contributed by atoms with Crippen molar-refractivity contribution in [2.24, 2.45) is 0 Å². The van der Waals surface area contributed by atoms with Crippen molar-refractivity contribution in [3.63, 3.8) is 0 Å². The van der Waals surface area contributed by atoms with Crippen LogP contribution in [0.3, 0.4) is 0 Å². The van der Waals surface area contributed by atoms with E-state index in [9.17, 15) is 15.0 Å². The van der Waals surface area contributed by atoms with E-state index in [1.807, 2.05) is 6.08 Å². The van der Waals surface area contributed by atoms with Crippen molar-refractivity contribution in [1.82, 2.24) is 5.32 Å². The fourth-order valence-corrected chi connectivity index (χ4v) is 3.68. The maximum atomic E-state index is 12.1. The molecule has 0 spiro atoms. The van der Waals surface area contributed by atoms with Gasteiger partial charge in [0.15, 0.2) is 0 Å². The van der Waals surface area contributed by atoms with Gasteiger partial charge < -0.3 is 15.5 Å². The maximum absolute atomic E-state index is 12.1. The lowest BCUT2D eigenvalue weighted by Gasteiger charge is -2.19. The van der Waals surface area contributed by atoms with Crippen LogP contribution >= 0.6 is 0 Å². The molecule has 0 heterocycles. The normalized spacial score (nSPS) is 13.9. The van der Waals surface area contributed by atoms with Crippen LogP contribution < -0.4 is 5.32 Å². The number of rotatable bonds is 23. The summed E-state index contributed by atoms with van der Waals surface area (Å²) in [6.45, 7) is 4.19. The Balaban J connectivity index is 3.83. The summed E-state index contributed by atoms with van der Waals surface area (Å²) in [5, 5.41) is 22.5. The van der Waals surface area contributed by atoms with Crippen molar-refractivity contribution in [3.05, 3.63) is 36.5 Å². The molecular formula is C29H53NO3. The first kappa shape index (κ1) is 31.6. The zero-order chi connectivity index (χ0) is 24.4. The topological polar surface area (TPSA) is 69.6 Å². The summed E-state index contributed by atoms with van der Waals surface area (Å²) in [6.07, 6.45) is 30.7. The number of carbonyl (C=O) groups is 1. The molecule has 0 bridgehead atoms. The van der Waals surface area contributed by atoms with Crippen LogP contribution in [0, 0.1) is 0 Å². The monoisotopic (exact) mass is 463 g/mol. The minimum absolute atomic E-state index is 0.0898. The standard InChI is InChI=1S/C29H53NO3/c1-3-5-7-9-11-12-13-14-15-16-17-19-20-22-24-28(32)27(26-31)30-29(33)25-23-21-18-10-8-6-4-2/h12-13,16-17,22,24,27-28,31-32H,3-11,14-15,18-21,23,25-26H2,1-2H3,(H,30,33)/b13-12+,17-16+,24-22+. The van der Waals surface area contributed by atoms with Crippen molar-refractivity contribution in [3.8, 4) is 0 Å². The average molecular weight is 464 g/mol. The number of hydrogen-bond donors (Lipinski definition) is 3. The van der Waals surface area contributed by atoms with Crippen LogP contribution in [0.15, 0.2) is 36.5 Å². The van der Waals surface area contributed by atoms with E-state index in [0.29, 0.717) is 6.42 Å². The first-order chi connectivity index (χ1) is 16.2. The van der Waals surface area contributed by atoms with Gasteiger partial charge in [-0.2, -0.15) is 0 Å². The van der Waals surface area contributed by atoms with Gasteiger partial charge >= 0.3 is 0 Å². The number of hydrogen-bond acceptors (Lipinski definition) is 3. The van der Waals surface area contributed by atoms with Crippen LogP contribution in [0.1, 0.15) is 123 Å². The van der Waals surface area contributed by atoms with Gasteiger partial charge in [0.1, 0.15) is 0 Å². The van der Waals surface area contributed by atoms with Crippen molar-refractivity contribution in [1.29, 1.82) is 0 Å². The number of allylic oxidation sites excluding steroid dienone is 5. The molecule has 2 unspecified atom stereocenters. The Hall–Kier alpha value is -1.39. The van der Waals surface area contributed by atoms with Gasteiger partial charge in [0.2, 0.25) is 5.91 Å². The highest BCUT2D eigenvalue weighted by molar-refractivity contribution is 5.76. The first-order valence-corrected chi connectivity index (χ1v) is 13.7. The van der Waals surface area contributed by atoms with E-state index in [-0.39, 0.29) is 12.5 Å². The van der Waals surface area contributed by atoms with Crippen LogP contribution in [-0.4, -0.2) is 34.9 Å². The van der Waals surface area contributed by atoms with Crippen molar-refractivity contribution >= 4 is 5.91 Å². The predicted octanol–water partition coefficient (Wildman–Crippen LogP) is 7.16. The molecule has 2 atom stereocenters. The molecule has 0 radical (unpaired) electrons. The third-order valence-electron chi connectivity index (χ3n) is 5.85. The molecule has 4 nitrogen and oxygen atoms in total. The number of amides is 1. The predicted molar refractivity (Wildman–Crippen MR) is 142 cm³/mol. The van der Waals surface area contributed by atoms with Crippen LogP contribution in [0.5, 0.6) is 0 Å². The van der Waals surface area contributed by atoms with E-state index in [1.54, 1.807) is 6.08 Å². The van der Waals surface area contributed by atoms with Crippen LogP contribution in [0.2, 0.25) is 0 Å². The third kappa shape index (κ3) is 22.2. The van der Waals surface area contributed by atoms with E-state index in [1.165, 1.54) is 64.2 Å². The van der Waals surface area contributed by atoms with Gasteiger partial charge in [-0.15, -0.1) is 0 Å². The first-order valence-electron chi connectivity index (χ1n) is 13.7. The Morgan fingerprint density at radius 3 is 1.76 bits per heavy atom. The average Bonchev–Trinajstić information content (AvgIpc) is 2.82. The molecule has 3 N–H and O–H groups in total. The van der Waals surface area contributed by atoms with Gasteiger partial charge in [0, 0.05) is 6.42 Å². The largest absolute Gasteiger partial charge is 0.394 e. The fraction of sp³-hybridized carbons (Fsp3) is 0.759. The Labute approximate surface area is 204 Å². The second-order valence-corrected chi connectivity index (χ2v) is 9.09. The van der Waals surface area contributed by atoms with E-state index in [0.717, 1.165) is 38.5 Å². The third-order valence-corrected chi connectivity index (χ3v) is 5.85. The van der Waals surface area contributed by atoms with Gasteiger partial charge in [-0.25, -0.2) is 0 Å². The lowest BCUT2D eigenvalue weighted by molar-refractivity contribution is -0.123. The molecule has 4 heteroatoms. The summed E-state index contributed by atoms with van der Waals surface area (Å²) >= 11 is 0. The molecule has 0 saturated carbocycles. The Morgan fingerprint density at radius 2 is 1.18 bits per heavy atom. The highest BCUT2D eigenvalue weighted by Crippen LogP contribution is 2.09. The van der Waals surface area contributed by atoms with Gasteiger partial charge in [-0.05, 0) is 44.9 Å². The van der Waals surface area contributed by atoms with Crippen LogP contribution in [0.25, 0.3) is 0 Å². The molecule has 0 aromatic rings.